The molecule has 0 aromatic rings. The molecule has 0 spiro atoms. The second kappa shape index (κ2) is 3.74. The van der Waals surface area contributed by atoms with Gasteiger partial charge >= 0.3 is 0 Å². The molecule has 7 heavy (non-hydrogen) atoms. The Kier molecular flexibility index (Phi) is 3.50. The van der Waals surface area contributed by atoms with Gasteiger partial charge in [-0.15, -0.1) is 0 Å². The van der Waals surface area contributed by atoms with Crippen LogP contribution in [0, 0.1) is 0 Å². The first-order chi connectivity index (χ1) is 3.31. The van der Waals surface area contributed by atoms with Crippen LogP contribution in [0.1, 0.15) is 0 Å². The van der Waals surface area contributed by atoms with Crippen LogP contribution < -0.4 is 0 Å². The highest BCUT2D eigenvalue weighted by molar-refractivity contribution is 4.83. The minimum atomic E-state index is -0.887. The minimum absolute atomic E-state index is 0.122. The van der Waals surface area contributed by atoms with E-state index in [1.165, 1.54) is 7.11 Å². The molecule has 0 heterocycles. The van der Waals surface area contributed by atoms with Gasteiger partial charge in [-0.05, 0) is 0 Å². The summed E-state index contributed by atoms with van der Waals surface area (Å²) in [7, 11) is 1.29. The Morgan fingerprint density at radius 1 is 1.86 bits per heavy atom. The highest BCUT2D eigenvalue weighted by atomic mass is 19.2. The van der Waals surface area contributed by atoms with Crippen molar-refractivity contribution in [1.82, 2.24) is 0 Å². The molecule has 42 valence electrons. The van der Waals surface area contributed by atoms with E-state index in [4.69, 9.17) is 0 Å². The zero-order valence-corrected chi connectivity index (χ0v) is 3.95. The molecule has 0 atom stereocenters. The van der Waals surface area contributed by atoms with E-state index in [-0.39, 0.29) is 12.9 Å². The van der Waals surface area contributed by atoms with Gasteiger partial charge in [-0.1, -0.05) is 0 Å². The summed E-state index contributed by atoms with van der Waals surface area (Å²) in [5.74, 6) is -0.887. The Bertz CT molecular complexity index is 70.1. The van der Waals surface area contributed by atoms with E-state index in [1.54, 1.807) is 0 Å². The molecule has 0 aliphatic carbocycles. The van der Waals surface area contributed by atoms with Gasteiger partial charge in [-0.25, -0.2) is 8.78 Å². The molecule has 0 rings (SSSR count). The predicted molar refractivity (Wildman–Crippen MR) is 22.2 cm³/mol. The van der Waals surface area contributed by atoms with Gasteiger partial charge < -0.3 is 4.74 Å². The molecule has 0 radical (unpaired) electrons. The number of halogens is 2. The first kappa shape index (κ1) is 6.56. The molecule has 0 saturated carbocycles. The van der Waals surface area contributed by atoms with Crippen LogP contribution in [0.15, 0.2) is 12.2 Å². The predicted octanol–water partition coefficient (Wildman–Crippen LogP) is 1.41. The third-order valence-corrected chi connectivity index (χ3v) is 0.401. The van der Waals surface area contributed by atoms with Gasteiger partial charge in [-0.3, -0.25) is 0 Å². The summed E-state index contributed by atoms with van der Waals surface area (Å²) >= 11 is 0. The number of hydrogen-bond donors (Lipinski definition) is 0. The van der Waals surface area contributed by atoms with Crippen LogP contribution in [0.25, 0.3) is 0 Å². The van der Waals surface area contributed by atoms with Gasteiger partial charge in [0, 0.05) is 7.11 Å². The first-order valence-electron chi connectivity index (χ1n) is 1.75. The van der Waals surface area contributed by atoms with Crippen LogP contribution in [0.5, 0.6) is 0 Å². The van der Waals surface area contributed by atoms with Crippen molar-refractivity contribution in [3.8, 4) is 0 Å². The fourth-order valence-corrected chi connectivity index (χ4v) is 0.169. The first-order valence-corrected chi connectivity index (χ1v) is 1.75. The Balaban J connectivity index is 3.17. The molecule has 1 nitrogen and oxygen atoms in total. The van der Waals surface area contributed by atoms with Crippen molar-refractivity contribution >= 4 is 0 Å². The molecule has 0 aliphatic heterocycles. The summed E-state index contributed by atoms with van der Waals surface area (Å²) in [6.45, 7) is -0.281. The van der Waals surface area contributed by atoms with Crippen molar-refractivity contribution in [1.29, 1.82) is 0 Å². The summed E-state index contributed by atoms with van der Waals surface area (Å²) in [6, 6.07) is 0. The van der Waals surface area contributed by atoms with Crippen LogP contribution in [0.4, 0.5) is 8.78 Å². The van der Waals surface area contributed by atoms with Gasteiger partial charge in [0.1, 0.15) is 12.9 Å². The van der Waals surface area contributed by atoms with E-state index in [2.05, 4.69) is 4.74 Å². The molecule has 0 amide bonds. The van der Waals surface area contributed by atoms with Crippen molar-refractivity contribution < 1.29 is 13.5 Å². The maximum Gasteiger partial charge on any atom is 0.154 e. The molecule has 0 aromatic carbocycles. The smallest absolute Gasteiger partial charge is 0.154 e. The zero-order chi connectivity index (χ0) is 5.70. The summed E-state index contributed by atoms with van der Waals surface area (Å²) in [5.41, 5.74) is 0. The van der Waals surface area contributed by atoms with E-state index in [0.29, 0.717) is 0 Å². The SMILES string of the molecule is COCC(F)=CF. The van der Waals surface area contributed by atoms with Gasteiger partial charge in [0.05, 0.1) is 0 Å². The third-order valence-electron chi connectivity index (χ3n) is 0.401. The topological polar surface area (TPSA) is 9.23 Å². The fraction of sp³-hybridized carbons (Fsp3) is 0.500. The van der Waals surface area contributed by atoms with Crippen LogP contribution in [-0.2, 0) is 4.74 Å². The molecule has 0 aromatic heterocycles. The largest absolute Gasteiger partial charge is 0.377 e. The number of methoxy groups -OCH3 is 1. The van der Waals surface area contributed by atoms with Crippen LogP contribution in [0.2, 0.25) is 0 Å². The molecule has 0 bridgehead atoms. The summed E-state index contributed by atoms with van der Waals surface area (Å²) in [6.07, 6.45) is -0.122. The van der Waals surface area contributed by atoms with Crippen LogP contribution >= 0.6 is 0 Å². The third kappa shape index (κ3) is 3.39. The maximum absolute atomic E-state index is 11.5. The molecular formula is C4H6F2O. The monoisotopic (exact) mass is 108 g/mol. The average Bonchev–Trinajstić information content (AvgIpc) is 1.68. The van der Waals surface area contributed by atoms with Gasteiger partial charge in [0.25, 0.3) is 0 Å². The standard InChI is InChI=1S/C4H6F2O/c1-7-3-4(6)2-5/h2H,3H2,1H3. The highest BCUT2D eigenvalue weighted by Crippen LogP contribution is 1.94. The van der Waals surface area contributed by atoms with Crippen molar-refractivity contribution in [2.24, 2.45) is 0 Å². The zero-order valence-electron chi connectivity index (χ0n) is 3.95. The van der Waals surface area contributed by atoms with Gasteiger partial charge in [0.2, 0.25) is 0 Å². The Morgan fingerprint density at radius 3 is 2.57 bits per heavy atom. The molecule has 3 heteroatoms. The lowest BCUT2D eigenvalue weighted by Gasteiger charge is -1.87. The Hall–Kier alpha value is -0.440. The van der Waals surface area contributed by atoms with E-state index < -0.39 is 5.83 Å². The summed E-state index contributed by atoms with van der Waals surface area (Å²) < 4.78 is 26.7. The lowest BCUT2D eigenvalue weighted by Crippen LogP contribution is -1.85. The van der Waals surface area contributed by atoms with Crippen molar-refractivity contribution in [2.75, 3.05) is 13.7 Å². The maximum atomic E-state index is 11.5. The van der Waals surface area contributed by atoms with E-state index in [1.807, 2.05) is 0 Å². The number of hydrogen-bond acceptors (Lipinski definition) is 1. The molecular weight excluding hydrogens is 102 g/mol. The van der Waals surface area contributed by atoms with Gasteiger partial charge in [-0.2, -0.15) is 0 Å². The van der Waals surface area contributed by atoms with Crippen molar-refractivity contribution in [3.05, 3.63) is 12.2 Å². The van der Waals surface area contributed by atoms with Gasteiger partial charge in [0.15, 0.2) is 5.83 Å². The van der Waals surface area contributed by atoms with Crippen LogP contribution in [0.3, 0.4) is 0 Å². The lowest BCUT2D eigenvalue weighted by molar-refractivity contribution is 0.204. The molecule has 0 N–H and O–H groups in total. The average molecular weight is 108 g/mol. The minimum Gasteiger partial charge on any atom is -0.377 e. The highest BCUT2D eigenvalue weighted by Gasteiger charge is 1.87. The Labute approximate surface area is 40.6 Å². The fourth-order valence-electron chi connectivity index (χ4n) is 0.169. The normalized spacial score (nSPS) is 12.1. The van der Waals surface area contributed by atoms with E-state index in [9.17, 15) is 8.78 Å². The van der Waals surface area contributed by atoms with Crippen molar-refractivity contribution in [2.45, 2.75) is 0 Å². The van der Waals surface area contributed by atoms with Crippen molar-refractivity contribution in [3.63, 3.8) is 0 Å². The van der Waals surface area contributed by atoms with E-state index >= 15 is 0 Å². The van der Waals surface area contributed by atoms with Crippen LogP contribution in [-0.4, -0.2) is 13.7 Å². The molecule has 0 fully saturated rings. The summed E-state index contributed by atoms with van der Waals surface area (Å²) in [5, 5.41) is 0. The molecule has 0 saturated heterocycles. The number of ether oxygens (including phenoxy) is 1. The van der Waals surface area contributed by atoms with E-state index in [0.717, 1.165) is 0 Å². The summed E-state index contributed by atoms with van der Waals surface area (Å²) in [4.78, 5) is 0. The second-order valence-electron chi connectivity index (χ2n) is 0.989. The molecule has 0 aliphatic rings. The lowest BCUT2D eigenvalue weighted by atomic mass is 10.6. The second-order valence-corrected chi connectivity index (χ2v) is 0.989. The number of rotatable bonds is 2. The Morgan fingerprint density at radius 2 is 2.43 bits per heavy atom. The quantitative estimate of drug-likeness (QED) is 0.519. The molecule has 0 unspecified atom stereocenters.